The van der Waals surface area contributed by atoms with E-state index >= 15 is 0 Å². The highest BCUT2D eigenvalue weighted by Gasteiger charge is 2.15. The summed E-state index contributed by atoms with van der Waals surface area (Å²) < 4.78 is 0. The van der Waals surface area contributed by atoms with Crippen LogP contribution in [0.2, 0.25) is 0 Å². The van der Waals surface area contributed by atoms with Crippen LogP contribution in [-0.4, -0.2) is 15.7 Å². The Balaban J connectivity index is 1.05. The largest absolute Gasteiger partial charge is 0.300 e. The molecule has 0 fully saturated rings. The molecule has 3 nitrogen and oxygen atoms in total. The highest BCUT2D eigenvalue weighted by atomic mass is 14.9. The maximum atomic E-state index is 9.06. The lowest BCUT2D eigenvalue weighted by atomic mass is 9.90. The van der Waals surface area contributed by atoms with Gasteiger partial charge in [-0.1, -0.05) is 212 Å². The molecule has 0 amide bonds. The molecule has 10 aromatic rings. The summed E-state index contributed by atoms with van der Waals surface area (Å²) in [6.45, 7) is 0. The molecular formula is C59H41N3. The third kappa shape index (κ3) is 8.03. The molecule has 0 saturated carbocycles. The lowest BCUT2D eigenvalue weighted by molar-refractivity contribution is 1.18. The SMILES string of the molecule is N=C(/C=C(/c1ccccc1)c1cccc2ccc(-c3ccc(-c4cc(-c5cccc(-c6ccccc6)c5)nc(-c5cccc(-c6ccccc6)c5)n4)cc3)cc12)c1ccccc1. The lowest BCUT2D eigenvalue weighted by Crippen LogP contribution is -1.98. The fourth-order valence-corrected chi connectivity index (χ4v) is 8.13. The van der Waals surface area contributed by atoms with Crippen molar-refractivity contribution in [3.63, 3.8) is 0 Å². The Kier molecular flexibility index (Phi) is 10.5. The van der Waals surface area contributed by atoms with Gasteiger partial charge in [0.15, 0.2) is 5.82 Å². The van der Waals surface area contributed by atoms with Crippen molar-refractivity contribution in [2.24, 2.45) is 0 Å². The molecule has 292 valence electrons. The van der Waals surface area contributed by atoms with Gasteiger partial charge in [-0.05, 0) is 96.8 Å². The predicted molar refractivity (Wildman–Crippen MR) is 259 cm³/mol. The first-order valence-corrected chi connectivity index (χ1v) is 20.9. The molecule has 0 saturated heterocycles. The van der Waals surface area contributed by atoms with Crippen LogP contribution >= 0.6 is 0 Å². The number of rotatable bonds is 10. The lowest BCUT2D eigenvalue weighted by Gasteiger charge is -2.14. The Morgan fingerprint density at radius 2 is 0.790 bits per heavy atom. The van der Waals surface area contributed by atoms with E-state index in [2.05, 4.69) is 188 Å². The third-order valence-electron chi connectivity index (χ3n) is 11.4. The molecule has 9 aromatic carbocycles. The summed E-state index contributed by atoms with van der Waals surface area (Å²) in [4.78, 5) is 10.4. The van der Waals surface area contributed by atoms with Gasteiger partial charge in [-0.15, -0.1) is 0 Å². The fourth-order valence-electron chi connectivity index (χ4n) is 8.13. The quantitative estimate of drug-likeness (QED) is 0.140. The van der Waals surface area contributed by atoms with Crippen LogP contribution in [0.1, 0.15) is 16.7 Å². The molecular weight excluding hydrogens is 751 g/mol. The topological polar surface area (TPSA) is 49.6 Å². The molecule has 0 spiro atoms. The Morgan fingerprint density at radius 3 is 1.44 bits per heavy atom. The standard InChI is InChI=1S/C59H41N3/c60-56(46-22-11-4-12-23-46)39-55(44-20-9-3-10-21-44)53-29-15-24-45-32-35-50(38-54(45)53)43-30-33-47(34-31-43)57-40-58(51-27-13-25-48(36-51)41-16-5-1-6-17-41)62-59(61-57)52-28-14-26-49(37-52)42-18-7-2-8-19-42/h1-40,60H/b55-39-,60-56?. The molecule has 0 unspecified atom stereocenters. The van der Waals surface area contributed by atoms with Crippen LogP contribution in [0.3, 0.4) is 0 Å². The van der Waals surface area contributed by atoms with Gasteiger partial charge in [0.2, 0.25) is 0 Å². The van der Waals surface area contributed by atoms with E-state index in [1.54, 1.807) is 0 Å². The maximum Gasteiger partial charge on any atom is 0.160 e. The first-order chi connectivity index (χ1) is 30.6. The van der Waals surface area contributed by atoms with Gasteiger partial charge in [-0.2, -0.15) is 0 Å². The van der Waals surface area contributed by atoms with Gasteiger partial charge in [0.05, 0.1) is 17.1 Å². The Hall–Kier alpha value is -8.27. The molecule has 0 aliphatic rings. The van der Waals surface area contributed by atoms with Crippen LogP contribution < -0.4 is 0 Å². The summed E-state index contributed by atoms with van der Waals surface area (Å²) in [5.74, 6) is 0.675. The van der Waals surface area contributed by atoms with Crippen LogP contribution in [0.5, 0.6) is 0 Å². The third-order valence-corrected chi connectivity index (χ3v) is 11.4. The average Bonchev–Trinajstić information content (AvgIpc) is 3.36. The Bertz CT molecular complexity index is 3110. The summed E-state index contributed by atoms with van der Waals surface area (Å²) in [6, 6.07) is 82.2. The van der Waals surface area contributed by atoms with Gasteiger partial charge in [-0.3, -0.25) is 0 Å². The van der Waals surface area contributed by atoms with Gasteiger partial charge >= 0.3 is 0 Å². The van der Waals surface area contributed by atoms with Gasteiger partial charge in [0.1, 0.15) is 0 Å². The normalized spacial score (nSPS) is 11.4. The van der Waals surface area contributed by atoms with Crippen molar-refractivity contribution in [2.75, 3.05) is 0 Å². The summed E-state index contributed by atoms with van der Waals surface area (Å²) >= 11 is 0. The summed E-state index contributed by atoms with van der Waals surface area (Å²) in [5, 5.41) is 11.3. The number of nitrogens with one attached hydrogen (secondary N) is 1. The molecule has 3 heteroatoms. The minimum Gasteiger partial charge on any atom is -0.300 e. The van der Waals surface area contributed by atoms with Crippen molar-refractivity contribution < 1.29 is 0 Å². The molecule has 1 heterocycles. The molecule has 0 bridgehead atoms. The minimum absolute atomic E-state index is 0.469. The molecule has 62 heavy (non-hydrogen) atoms. The smallest absolute Gasteiger partial charge is 0.160 e. The van der Waals surface area contributed by atoms with Crippen LogP contribution in [0.15, 0.2) is 243 Å². The van der Waals surface area contributed by atoms with E-state index in [4.69, 9.17) is 15.4 Å². The van der Waals surface area contributed by atoms with Crippen molar-refractivity contribution in [1.82, 2.24) is 9.97 Å². The van der Waals surface area contributed by atoms with E-state index < -0.39 is 0 Å². The van der Waals surface area contributed by atoms with Crippen LogP contribution in [0.25, 0.3) is 83.6 Å². The highest BCUT2D eigenvalue weighted by Crippen LogP contribution is 2.36. The second-order valence-corrected chi connectivity index (χ2v) is 15.4. The number of hydrogen-bond acceptors (Lipinski definition) is 3. The van der Waals surface area contributed by atoms with Crippen LogP contribution in [-0.2, 0) is 0 Å². The number of allylic oxidation sites excluding steroid dienone is 1. The van der Waals surface area contributed by atoms with E-state index in [-0.39, 0.29) is 0 Å². The number of fused-ring (bicyclic) bond motifs is 1. The molecule has 0 aliphatic heterocycles. The van der Waals surface area contributed by atoms with Crippen molar-refractivity contribution >= 4 is 22.1 Å². The summed E-state index contributed by atoms with van der Waals surface area (Å²) in [7, 11) is 0. The maximum absolute atomic E-state index is 9.06. The van der Waals surface area contributed by atoms with Crippen LogP contribution in [0, 0.1) is 5.41 Å². The number of hydrogen-bond donors (Lipinski definition) is 1. The minimum atomic E-state index is 0.469. The van der Waals surface area contributed by atoms with Crippen molar-refractivity contribution in [3.8, 4) is 67.3 Å². The van der Waals surface area contributed by atoms with Crippen molar-refractivity contribution in [3.05, 3.63) is 259 Å². The fraction of sp³-hybridized carbons (Fsp3) is 0. The summed E-state index contributed by atoms with van der Waals surface area (Å²) in [6.07, 6.45) is 2.00. The predicted octanol–water partition coefficient (Wildman–Crippen LogP) is 15.1. The zero-order valence-corrected chi connectivity index (χ0v) is 34.0. The molecule has 0 aliphatic carbocycles. The van der Waals surface area contributed by atoms with Gasteiger partial charge in [-0.25, -0.2) is 9.97 Å². The van der Waals surface area contributed by atoms with Crippen molar-refractivity contribution in [2.45, 2.75) is 0 Å². The first kappa shape index (κ1) is 38.0. The second kappa shape index (κ2) is 17.1. The average molecular weight is 792 g/mol. The van der Waals surface area contributed by atoms with E-state index in [1.807, 2.05) is 54.6 Å². The van der Waals surface area contributed by atoms with E-state index in [0.29, 0.717) is 11.5 Å². The summed E-state index contributed by atoms with van der Waals surface area (Å²) in [5.41, 5.74) is 16.0. The second-order valence-electron chi connectivity index (χ2n) is 15.4. The van der Waals surface area contributed by atoms with Gasteiger partial charge in [0.25, 0.3) is 0 Å². The van der Waals surface area contributed by atoms with E-state index in [1.165, 1.54) is 0 Å². The van der Waals surface area contributed by atoms with Gasteiger partial charge in [0, 0.05) is 16.7 Å². The Morgan fingerprint density at radius 1 is 0.339 bits per heavy atom. The zero-order valence-electron chi connectivity index (χ0n) is 34.0. The van der Waals surface area contributed by atoms with E-state index in [9.17, 15) is 0 Å². The van der Waals surface area contributed by atoms with Crippen molar-refractivity contribution in [1.29, 1.82) is 5.41 Å². The molecule has 0 atom stereocenters. The number of benzene rings is 9. The molecule has 10 rings (SSSR count). The number of aromatic nitrogens is 2. The highest BCUT2D eigenvalue weighted by molar-refractivity contribution is 6.14. The first-order valence-electron chi connectivity index (χ1n) is 20.9. The Labute approximate surface area is 362 Å². The van der Waals surface area contributed by atoms with Crippen LogP contribution in [0.4, 0.5) is 0 Å². The van der Waals surface area contributed by atoms with E-state index in [0.717, 1.165) is 94.5 Å². The molecule has 1 aromatic heterocycles. The molecule has 1 N–H and O–H groups in total. The molecule has 0 radical (unpaired) electrons. The number of nitrogens with zero attached hydrogens (tertiary/aromatic N) is 2. The zero-order chi connectivity index (χ0) is 41.7. The van der Waals surface area contributed by atoms with Gasteiger partial charge < -0.3 is 5.41 Å². The monoisotopic (exact) mass is 791 g/mol.